The minimum absolute atomic E-state index is 0.0607. The Kier molecular flexibility index (Phi) is 6.53. The molecule has 0 atom stereocenters. The van der Waals surface area contributed by atoms with Gasteiger partial charge < -0.3 is 14.5 Å². The highest BCUT2D eigenvalue weighted by Crippen LogP contribution is 2.27. The Morgan fingerprint density at radius 3 is 2.12 bits per heavy atom. The summed E-state index contributed by atoms with van der Waals surface area (Å²) >= 11 is 0. The number of nitrogens with zero attached hydrogens (tertiary/aromatic N) is 2. The lowest BCUT2D eigenvalue weighted by Gasteiger charge is -2.38. The van der Waals surface area contributed by atoms with Crippen LogP contribution in [0, 0.1) is 5.92 Å². The molecule has 5 heteroatoms. The fourth-order valence-electron chi connectivity index (χ4n) is 3.86. The van der Waals surface area contributed by atoms with Crippen molar-refractivity contribution in [1.82, 2.24) is 9.80 Å². The number of likely N-dealkylation sites (tertiary alicyclic amines) is 1. The summed E-state index contributed by atoms with van der Waals surface area (Å²) in [6.07, 6.45) is 7.33. The molecule has 24 heavy (non-hydrogen) atoms. The molecule has 1 aliphatic carbocycles. The molecule has 0 radical (unpaired) electrons. The van der Waals surface area contributed by atoms with Gasteiger partial charge >= 0.3 is 6.09 Å². The highest BCUT2D eigenvalue weighted by Gasteiger charge is 2.34. The lowest BCUT2D eigenvalue weighted by molar-refractivity contribution is -0.140. The predicted octanol–water partition coefficient (Wildman–Crippen LogP) is 3.81. The van der Waals surface area contributed by atoms with Crippen LogP contribution < -0.4 is 0 Å². The molecule has 0 unspecified atom stereocenters. The van der Waals surface area contributed by atoms with E-state index < -0.39 is 5.60 Å². The van der Waals surface area contributed by atoms with E-state index in [1.807, 2.05) is 20.8 Å². The van der Waals surface area contributed by atoms with Gasteiger partial charge in [0.25, 0.3) is 0 Å². The van der Waals surface area contributed by atoms with Crippen molar-refractivity contribution in [1.29, 1.82) is 0 Å². The molecule has 2 rings (SSSR count). The third-order valence-electron chi connectivity index (χ3n) is 5.14. The Bertz CT molecular complexity index is 430. The molecule has 1 aliphatic heterocycles. The molecule has 1 saturated carbocycles. The smallest absolute Gasteiger partial charge is 0.410 e. The van der Waals surface area contributed by atoms with Gasteiger partial charge in [-0.3, -0.25) is 4.79 Å². The molecule has 2 amide bonds. The zero-order valence-electron chi connectivity index (χ0n) is 15.8. The number of carbonyl (C=O) groups excluding carboxylic acids is 2. The molecular weight excluding hydrogens is 304 g/mol. The van der Waals surface area contributed by atoms with Crippen LogP contribution in [-0.4, -0.2) is 53.1 Å². The van der Waals surface area contributed by atoms with Crippen LogP contribution in [0.5, 0.6) is 0 Å². The van der Waals surface area contributed by atoms with Crippen LogP contribution in [0.25, 0.3) is 0 Å². The van der Waals surface area contributed by atoms with E-state index in [4.69, 9.17) is 4.74 Å². The number of ether oxygens (including phenoxy) is 1. The van der Waals surface area contributed by atoms with Gasteiger partial charge in [-0.15, -0.1) is 0 Å². The van der Waals surface area contributed by atoms with Crippen molar-refractivity contribution in [2.45, 2.75) is 84.3 Å². The molecule has 0 bridgehead atoms. The van der Waals surface area contributed by atoms with Gasteiger partial charge in [-0.1, -0.05) is 19.3 Å². The average molecular weight is 338 g/mol. The summed E-state index contributed by atoms with van der Waals surface area (Å²) in [6, 6.07) is 0.431. The van der Waals surface area contributed by atoms with E-state index in [-0.39, 0.29) is 12.0 Å². The lowest BCUT2D eigenvalue weighted by atomic mass is 9.90. The summed E-state index contributed by atoms with van der Waals surface area (Å²) in [7, 11) is 0. The number of amides is 2. The van der Waals surface area contributed by atoms with E-state index >= 15 is 0 Å². The van der Waals surface area contributed by atoms with Gasteiger partial charge in [0.05, 0.1) is 0 Å². The summed E-state index contributed by atoms with van der Waals surface area (Å²) in [5.74, 6) is 0.360. The molecule has 5 nitrogen and oxygen atoms in total. The monoisotopic (exact) mass is 338 g/mol. The normalized spacial score (nSPS) is 20.8. The quantitative estimate of drug-likeness (QED) is 0.786. The first kappa shape index (κ1) is 19.1. The van der Waals surface area contributed by atoms with Gasteiger partial charge in [0, 0.05) is 31.6 Å². The first-order chi connectivity index (χ1) is 11.3. The Balaban J connectivity index is 1.86. The number of hydrogen-bond donors (Lipinski definition) is 0. The van der Waals surface area contributed by atoms with Crippen molar-refractivity contribution in [3.8, 4) is 0 Å². The molecule has 0 N–H and O–H groups in total. The van der Waals surface area contributed by atoms with E-state index in [2.05, 4.69) is 11.8 Å². The van der Waals surface area contributed by atoms with Crippen molar-refractivity contribution < 1.29 is 14.3 Å². The van der Waals surface area contributed by atoms with Crippen molar-refractivity contribution in [3.05, 3.63) is 0 Å². The summed E-state index contributed by atoms with van der Waals surface area (Å²) in [5, 5.41) is 0. The Morgan fingerprint density at radius 1 is 1.04 bits per heavy atom. The maximum atomic E-state index is 12.9. The third-order valence-corrected chi connectivity index (χ3v) is 5.14. The molecule has 0 aromatic carbocycles. The fourth-order valence-corrected chi connectivity index (χ4v) is 3.86. The maximum absolute atomic E-state index is 12.9. The third kappa shape index (κ3) is 5.12. The average Bonchev–Trinajstić information content (AvgIpc) is 2.55. The lowest BCUT2D eigenvalue weighted by Crippen LogP contribution is -2.48. The Labute approximate surface area is 146 Å². The van der Waals surface area contributed by atoms with Gasteiger partial charge in [-0.25, -0.2) is 4.79 Å². The van der Waals surface area contributed by atoms with E-state index in [1.165, 1.54) is 19.3 Å². The first-order valence-corrected chi connectivity index (χ1v) is 9.60. The highest BCUT2D eigenvalue weighted by atomic mass is 16.6. The zero-order chi connectivity index (χ0) is 17.7. The van der Waals surface area contributed by atoms with Crippen LogP contribution in [0.4, 0.5) is 4.79 Å². The van der Waals surface area contributed by atoms with Gasteiger partial charge in [0.15, 0.2) is 0 Å². The van der Waals surface area contributed by atoms with Gasteiger partial charge in [-0.05, 0) is 53.4 Å². The number of hydrogen-bond acceptors (Lipinski definition) is 3. The van der Waals surface area contributed by atoms with E-state index in [0.717, 1.165) is 32.2 Å². The molecule has 0 spiro atoms. The first-order valence-electron chi connectivity index (χ1n) is 9.60. The Morgan fingerprint density at radius 2 is 1.62 bits per heavy atom. The van der Waals surface area contributed by atoms with Crippen LogP contribution >= 0.6 is 0 Å². The summed E-state index contributed by atoms with van der Waals surface area (Å²) in [6.45, 7) is 9.76. The second kappa shape index (κ2) is 8.21. The van der Waals surface area contributed by atoms with Crippen molar-refractivity contribution >= 4 is 12.0 Å². The minimum Gasteiger partial charge on any atom is -0.444 e. The molecule has 0 aromatic rings. The van der Waals surface area contributed by atoms with Crippen molar-refractivity contribution in [2.24, 2.45) is 5.92 Å². The van der Waals surface area contributed by atoms with Crippen LogP contribution in [-0.2, 0) is 9.53 Å². The van der Waals surface area contributed by atoms with Crippen molar-refractivity contribution in [3.63, 3.8) is 0 Å². The number of carbonyl (C=O) groups is 2. The molecule has 0 aromatic heterocycles. The van der Waals surface area contributed by atoms with E-state index in [0.29, 0.717) is 25.0 Å². The SMILES string of the molecule is CCN(C(=O)C1CCN(C(=O)OC(C)(C)C)CC1)C1CCCCC1. The van der Waals surface area contributed by atoms with Gasteiger partial charge in [0.2, 0.25) is 5.91 Å². The highest BCUT2D eigenvalue weighted by molar-refractivity contribution is 5.79. The Hall–Kier alpha value is -1.26. The zero-order valence-corrected chi connectivity index (χ0v) is 15.8. The number of rotatable bonds is 3. The standard InChI is InChI=1S/C19H34N2O3/c1-5-21(16-9-7-6-8-10-16)17(22)15-11-13-20(14-12-15)18(23)24-19(2,3)4/h15-16H,5-14H2,1-4H3. The van der Waals surface area contributed by atoms with Crippen LogP contribution in [0.1, 0.15) is 72.6 Å². The second-order valence-corrected chi connectivity index (χ2v) is 8.16. The molecule has 2 aliphatic rings. The molecule has 138 valence electrons. The van der Waals surface area contributed by atoms with Gasteiger partial charge in [-0.2, -0.15) is 0 Å². The fraction of sp³-hybridized carbons (Fsp3) is 0.895. The molecule has 2 fully saturated rings. The van der Waals surface area contributed by atoms with Crippen LogP contribution in [0.15, 0.2) is 0 Å². The predicted molar refractivity (Wildman–Crippen MR) is 94.8 cm³/mol. The molecular formula is C19H34N2O3. The molecule has 1 saturated heterocycles. The van der Waals surface area contributed by atoms with Crippen LogP contribution in [0.2, 0.25) is 0 Å². The topological polar surface area (TPSA) is 49.9 Å². The van der Waals surface area contributed by atoms with Gasteiger partial charge in [0.1, 0.15) is 5.60 Å². The summed E-state index contributed by atoms with van der Waals surface area (Å²) in [4.78, 5) is 28.9. The summed E-state index contributed by atoms with van der Waals surface area (Å²) < 4.78 is 5.43. The minimum atomic E-state index is -0.469. The second-order valence-electron chi connectivity index (χ2n) is 8.16. The largest absolute Gasteiger partial charge is 0.444 e. The van der Waals surface area contributed by atoms with Crippen LogP contribution in [0.3, 0.4) is 0 Å². The number of piperidine rings is 1. The van der Waals surface area contributed by atoms with E-state index in [1.54, 1.807) is 4.90 Å². The maximum Gasteiger partial charge on any atom is 0.410 e. The molecule has 1 heterocycles. The summed E-state index contributed by atoms with van der Waals surface area (Å²) in [5.41, 5.74) is -0.469. The van der Waals surface area contributed by atoms with E-state index in [9.17, 15) is 9.59 Å². The van der Waals surface area contributed by atoms with Crippen molar-refractivity contribution in [2.75, 3.05) is 19.6 Å².